The molecule has 0 bridgehead atoms. The van der Waals surface area contributed by atoms with Crippen molar-refractivity contribution in [2.45, 2.75) is 11.4 Å². The van der Waals surface area contributed by atoms with Gasteiger partial charge in [0.1, 0.15) is 5.75 Å². The summed E-state index contributed by atoms with van der Waals surface area (Å²) in [5.74, 6) is 0.757. The predicted molar refractivity (Wildman–Crippen MR) is 96.8 cm³/mol. The molecule has 0 spiro atoms. The fourth-order valence-corrected chi connectivity index (χ4v) is 3.68. The monoisotopic (exact) mass is 413 g/mol. The van der Waals surface area contributed by atoms with Crippen LogP contribution in [0.15, 0.2) is 51.9 Å². The van der Waals surface area contributed by atoms with E-state index in [4.69, 9.17) is 32.5 Å². The van der Waals surface area contributed by atoms with Crippen molar-refractivity contribution in [2.75, 3.05) is 7.11 Å². The van der Waals surface area contributed by atoms with Crippen LogP contribution in [0.4, 0.5) is 0 Å². The lowest BCUT2D eigenvalue weighted by Crippen LogP contribution is -2.23. The van der Waals surface area contributed by atoms with E-state index in [0.29, 0.717) is 16.3 Å². The van der Waals surface area contributed by atoms with Crippen molar-refractivity contribution in [3.63, 3.8) is 0 Å². The topological polar surface area (TPSA) is 94.3 Å². The minimum absolute atomic E-state index is 0.00542. The number of aromatic nitrogens is 2. The van der Waals surface area contributed by atoms with Crippen LogP contribution in [0, 0.1) is 0 Å². The first-order chi connectivity index (χ1) is 12.4. The predicted octanol–water partition coefficient (Wildman–Crippen LogP) is 3.53. The van der Waals surface area contributed by atoms with Gasteiger partial charge in [0.15, 0.2) is 0 Å². The van der Waals surface area contributed by atoms with Crippen LogP contribution in [0.1, 0.15) is 5.89 Å². The van der Waals surface area contributed by atoms with Gasteiger partial charge < -0.3 is 9.26 Å². The largest absolute Gasteiger partial charge is 0.495 e. The minimum Gasteiger partial charge on any atom is -0.495 e. The molecule has 7 nitrogen and oxygen atoms in total. The summed E-state index contributed by atoms with van der Waals surface area (Å²) in [6.45, 7) is -0.177. The van der Waals surface area contributed by atoms with Crippen molar-refractivity contribution in [1.82, 2.24) is 14.9 Å². The van der Waals surface area contributed by atoms with E-state index >= 15 is 0 Å². The van der Waals surface area contributed by atoms with Crippen molar-refractivity contribution >= 4 is 33.2 Å². The number of hydrogen-bond donors (Lipinski definition) is 1. The van der Waals surface area contributed by atoms with Crippen LogP contribution >= 0.6 is 23.2 Å². The summed E-state index contributed by atoms with van der Waals surface area (Å²) >= 11 is 12.0. The minimum atomic E-state index is -3.81. The second-order valence-electron chi connectivity index (χ2n) is 5.11. The Hall–Kier alpha value is -2.13. The molecule has 3 aromatic rings. The summed E-state index contributed by atoms with van der Waals surface area (Å²) < 4.78 is 37.2. The highest BCUT2D eigenvalue weighted by Crippen LogP contribution is 2.27. The zero-order valence-corrected chi connectivity index (χ0v) is 15.8. The van der Waals surface area contributed by atoms with Crippen LogP contribution in [0.2, 0.25) is 10.0 Å². The fourth-order valence-electron chi connectivity index (χ4n) is 2.13. The van der Waals surface area contributed by atoms with Gasteiger partial charge >= 0.3 is 0 Å². The molecule has 0 fully saturated rings. The number of hydrogen-bond acceptors (Lipinski definition) is 6. The number of halogens is 2. The lowest BCUT2D eigenvalue weighted by Gasteiger charge is -2.07. The molecule has 0 saturated heterocycles. The first kappa shape index (κ1) is 18.7. The van der Waals surface area contributed by atoms with Gasteiger partial charge in [-0.1, -0.05) is 40.5 Å². The van der Waals surface area contributed by atoms with E-state index in [1.165, 1.54) is 25.3 Å². The molecule has 0 saturated carbocycles. The third-order valence-electron chi connectivity index (χ3n) is 3.43. The molecule has 2 aromatic carbocycles. The molecule has 0 atom stereocenters. The summed E-state index contributed by atoms with van der Waals surface area (Å²) in [4.78, 5) is 4.14. The van der Waals surface area contributed by atoms with Gasteiger partial charge in [-0.05, 0) is 30.3 Å². The Labute approximate surface area is 159 Å². The Balaban J connectivity index is 1.75. The molecule has 136 valence electrons. The molecule has 0 aliphatic rings. The van der Waals surface area contributed by atoms with Gasteiger partial charge in [-0.3, -0.25) is 0 Å². The molecule has 1 N–H and O–H groups in total. The van der Waals surface area contributed by atoms with Crippen molar-refractivity contribution < 1.29 is 17.7 Å². The maximum Gasteiger partial charge on any atom is 0.242 e. The van der Waals surface area contributed by atoms with E-state index in [1.807, 2.05) is 0 Å². The second-order valence-corrected chi connectivity index (χ2v) is 7.69. The Kier molecular flexibility index (Phi) is 5.47. The number of nitrogens with zero attached hydrogens (tertiary/aromatic N) is 2. The first-order valence-corrected chi connectivity index (χ1v) is 9.55. The normalized spacial score (nSPS) is 11.5. The molecule has 0 aliphatic carbocycles. The summed E-state index contributed by atoms with van der Waals surface area (Å²) in [6.07, 6.45) is 0. The molecular formula is C16H13Cl2N3O4S. The van der Waals surface area contributed by atoms with Gasteiger partial charge in [-0.15, -0.1) is 0 Å². The van der Waals surface area contributed by atoms with Crippen LogP contribution < -0.4 is 9.46 Å². The van der Waals surface area contributed by atoms with Crippen LogP contribution in [0.3, 0.4) is 0 Å². The van der Waals surface area contributed by atoms with Gasteiger partial charge in [0.25, 0.3) is 0 Å². The van der Waals surface area contributed by atoms with Gasteiger partial charge in [0, 0.05) is 5.56 Å². The maximum atomic E-state index is 12.4. The third kappa shape index (κ3) is 3.99. The molecule has 0 aliphatic heterocycles. The quantitative estimate of drug-likeness (QED) is 0.663. The van der Waals surface area contributed by atoms with Crippen molar-refractivity contribution in [2.24, 2.45) is 0 Å². The molecule has 10 heteroatoms. The van der Waals surface area contributed by atoms with E-state index in [-0.39, 0.29) is 28.2 Å². The zero-order valence-electron chi connectivity index (χ0n) is 13.4. The second kappa shape index (κ2) is 7.63. The smallest absolute Gasteiger partial charge is 0.242 e. The molecular weight excluding hydrogens is 401 g/mol. The molecule has 1 heterocycles. The Morgan fingerprint density at radius 2 is 1.92 bits per heavy atom. The number of methoxy groups -OCH3 is 1. The van der Waals surface area contributed by atoms with Crippen LogP contribution in [-0.4, -0.2) is 25.7 Å². The summed E-state index contributed by atoms with van der Waals surface area (Å²) in [5, 5.41) is 4.47. The summed E-state index contributed by atoms with van der Waals surface area (Å²) in [5.41, 5.74) is 0.592. The van der Waals surface area contributed by atoms with Gasteiger partial charge in [-0.25, -0.2) is 13.1 Å². The molecule has 0 radical (unpaired) electrons. The summed E-state index contributed by atoms with van der Waals surface area (Å²) in [6, 6.07) is 11.2. The Bertz CT molecular complexity index is 1040. The van der Waals surface area contributed by atoms with E-state index < -0.39 is 10.0 Å². The molecule has 0 unspecified atom stereocenters. The van der Waals surface area contributed by atoms with Crippen molar-refractivity contribution in [3.05, 3.63) is 58.4 Å². The van der Waals surface area contributed by atoms with E-state index in [1.54, 1.807) is 24.3 Å². The Morgan fingerprint density at radius 1 is 1.15 bits per heavy atom. The van der Waals surface area contributed by atoms with Gasteiger partial charge in [0.2, 0.25) is 21.7 Å². The number of rotatable bonds is 6. The van der Waals surface area contributed by atoms with E-state index in [2.05, 4.69) is 14.9 Å². The number of sulfonamides is 1. The molecule has 3 rings (SSSR count). The van der Waals surface area contributed by atoms with Crippen LogP contribution in [0.25, 0.3) is 11.4 Å². The zero-order chi connectivity index (χ0) is 18.7. The van der Waals surface area contributed by atoms with Gasteiger partial charge in [0.05, 0.1) is 28.6 Å². The average molecular weight is 414 g/mol. The lowest BCUT2D eigenvalue weighted by molar-refractivity contribution is 0.376. The van der Waals surface area contributed by atoms with Gasteiger partial charge in [-0.2, -0.15) is 4.98 Å². The highest BCUT2D eigenvalue weighted by Gasteiger charge is 2.18. The van der Waals surface area contributed by atoms with Crippen molar-refractivity contribution in [1.29, 1.82) is 0 Å². The maximum absolute atomic E-state index is 12.4. The first-order valence-electron chi connectivity index (χ1n) is 7.31. The van der Waals surface area contributed by atoms with E-state index in [9.17, 15) is 8.42 Å². The van der Waals surface area contributed by atoms with Crippen LogP contribution in [0.5, 0.6) is 5.75 Å². The SMILES string of the molecule is COc1ccc(S(=O)(=O)NCc2nc(-c3ccccc3Cl)no2)cc1Cl. The fraction of sp³-hybridized carbons (Fsp3) is 0.125. The van der Waals surface area contributed by atoms with Crippen LogP contribution in [-0.2, 0) is 16.6 Å². The third-order valence-corrected chi connectivity index (χ3v) is 5.45. The number of benzene rings is 2. The standard InChI is InChI=1S/C16H13Cl2N3O4S/c1-24-14-7-6-10(8-13(14)18)26(22,23)19-9-15-20-16(21-25-15)11-4-2-3-5-12(11)17/h2-8,19H,9H2,1H3. The molecule has 0 amide bonds. The number of ether oxygens (including phenoxy) is 1. The van der Waals surface area contributed by atoms with Crippen molar-refractivity contribution in [3.8, 4) is 17.1 Å². The molecule has 1 aromatic heterocycles. The lowest BCUT2D eigenvalue weighted by atomic mass is 10.2. The molecule has 26 heavy (non-hydrogen) atoms. The summed E-state index contributed by atoms with van der Waals surface area (Å²) in [7, 11) is -2.37. The highest BCUT2D eigenvalue weighted by atomic mass is 35.5. The highest BCUT2D eigenvalue weighted by molar-refractivity contribution is 7.89. The number of nitrogens with one attached hydrogen (secondary N) is 1. The average Bonchev–Trinajstić information content (AvgIpc) is 3.09. The van der Waals surface area contributed by atoms with E-state index in [0.717, 1.165) is 0 Å². The Morgan fingerprint density at radius 3 is 2.62 bits per heavy atom.